The van der Waals surface area contributed by atoms with E-state index in [2.05, 4.69) is 30.0 Å². The zero-order valence-electron chi connectivity index (χ0n) is 10.5. The summed E-state index contributed by atoms with van der Waals surface area (Å²) in [4.78, 5) is 2.42. The lowest BCUT2D eigenvalue weighted by molar-refractivity contribution is 0.203. The molecule has 17 heavy (non-hydrogen) atoms. The number of aliphatic hydroxyl groups excluding tert-OH is 1. The maximum Gasteiger partial charge on any atom is 0.0460 e. The van der Waals surface area contributed by atoms with Gasteiger partial charge >= 0.3 is 0 Å². The van der Waals surface area contributed by atoms with Gasteiger partial charge in [0.15, 0.2) is 0 Å². The van der Waals surface area contributed by atoms with Crippen LogP contribution in [0.3, 0.4) is 0 Å². The number of hydrogen-bond acceptors (Lipinski definition) is 3. The summed E-state index contributed by atoms with van der Waals surface area (Å²) < 4.78 is 0. The number of anilines is 1. The third-order valence-corrected chi connectivity index (χ3v) is 3.71. The molecule has 94 valence electrons. The smallest absolute Gasteiger partial charge is 0.0460 e. The summed E-state index contributed by atoms with van der Waals surface area (Å²) in [5.41, 5.74) is 9.45. The van der Waals surface area contributed by atoms with Gasteiger partial charge in [-0.05, 0) is 42.9 Å². The van der Waals surface area contributed by atoms with Crippen LogP contribution in [0.1, 0.15) is 24.0 Å². The summed E-state index contributed by atoms with van der Waals surface area (Å²) in [6.07, 6.45) is 2.18. The van der Waals surface area contributed by atoms with Crippen molar-refractivity contribution >= 4 is 5.69 Å². The number of nitrogens with two attached hydrogens (primary N) is 1. The lowest BCUT2D eigenvalue weighted by Crippen LogP contribution is -2.35. The summed E-state index contributed by atoms with van der Waals surface area (Å²) in [6.45, 7) is 5.18. The number of benzene rings is 1. The van der Waals surface area contributed by atoms with Crippen molar-refractivity contribution in [3.8, 4) is 0 Å². The van der Waals surface area contributed by atoms with Gasteiger partial charge in [0.05, 0.1) is 0 Å². The molecule has 3 N–H and O–H groups in total. The molecule has 0 aromatic heterocycles. The molecule has 0 bridgehead atoms. The fraction of sp³-hybridized carbons (Fsp3) is 0.571. The van der Waals surface area contributed by atoms with Crippen molar-refractivity contribution in [3.63, 3.8) is 0 Å². The predicted molar refractivity (Wildman–Crippen MR) is 71.1 cm³/mol. The maximum absolute atomic E-state index is 9.14. The van der Waals surface area contributed by atoms with Gasteiger partial charge in [-0.3, -0.25) is 0 Å². The molecule has 1 aliphatic heterocycles. The average molecular weight is 234 g/mol. The van der Waals surface area contributed by atoms with Gasteiger partial charge in [-0.15, -0.1) is 0 Å². The Balaban J connectivity index is 2.08. The van der Waals surface area contributed by atoms with E-state index in [4.69, 9.17) is 10.8 Å². The second-order valence-electron chi connectivity index (χ2n) is 4.94. The molecule has 1 aromatic rings. The molecule has 3 nitrogen and oxygen atoms in total. The number of rotatable bonds is 3. The molecule has 0 atom stereocenters. The number of aliphatic hydroxyl groups is 1. The van der Waals surface area contributed by atoms with E-state index in [0.29, 0.717) is 19.1 Å². The Morgan fingerprint density at radius 1 is 1.35 bits per heavy atom. The van der Waals surface area contributed by atoms with Crippen LogP contribution in [0.15, 0.2) is 18.2 Å². The van der Waals surface area contributed by atoms with E-state index >= 15 is 0 Å². The Hall–Kier alpha value is -1.06. The van der Waals surface area contributed by atoms with E-state index in [1.54, 1.807) is 0 Å². The third-order valence-electron chi connectivity index (χ3n) is 3.71. The quantitative estimate of drug-likeness (QED) is 0.836. The number of nitrogens with zero attached hydrogens (tertiary/aromatic N) is 1. The largest absolute Gasteiger partial charge is 0.396 e. The minimum absolute atomic E-state index is 0.332. The van der Waals surface area contributed by atoms with Crippen LogP contribution < -0.4 is 10.6 Å². The van der Waals surface area contributed by atoms with Crippen LogP contribution in [0.4, 0.5) is 5.69 Å². The zero-order chi connectivity index (χ0) is 12.3. The number of piperidine rings is 1. The molecular weight excluding hydrogens is 212 g/mol. The van der Waals surface area contributed by atoms with Crippen molar-refractivity contribution in [2.24, 2.45) is 11.7 Å². The van der Waals surface area contributed by atoms with Gasteiger partial charge in [-0.25, -0.2) is 0 Å². The Kier molecular flexibility index (Phi) is 4.02. The summed E-state index contributed by atoms with van der Waals surface area (Å²) in [7, 11) is 0. The van der Waals surface area contributed by atoms with Crippen molar-refractivity contribution in [2.75, 3.05) is 24.6 Å². The Morgan fingerprint density at radius 2 is 2.06 bits per heavy atom. The first-order chi connectivity index (χ1) is 8.24. The van der Waals surface area contributed by atoms with Gasteiger partial charge in [0, 0.05) is 31.9 Å². The summed E-state index contributed by atoms with van der Waals surface area (Å²) in [5, 5.41) is 9.14. The highest BCUT2D eigenvalue weighted by molar-refractivity contribution is 5.54. The van der Waals surface area contributed by atoms with Gasteiger partial charge in [0.2, 0.25) is 0 Å². The van der Waals surface area contributed by atoms with Crippen LogP contribution in [0, 0.1) is 12.8 Å². The van der Waals surface area contributed by atoms with Gasteiger partial charge in [-0.1, -0.05) is 12.1 Å². The third kappa shape index (κ3) is 2.79. The second kappa shape index (κ2) is 5.52. The van der Waals surface area contributed by atoms with Crippen molar-refractivity contribution in [1.29, 1.82) is 0 Å². The topological polar surface area (TPSA) is 49.5 Å². The van der Waals surface area contributed by atoms with Gasteiger partial charge < -0.3 is 15.7 Å². The van der Waals surface area contributed by atoms with Crippen LogP contribution in [0.5, 0.6) is 0 Å². The molecule has 1 fully saturated rings. The molecule has 0 saturated carbocycles. The monoisotopic (exact) mass is 234 g/mol. The van der Waals surface area contributed by atoms with Gasteiger partial charge in [0.25, 0.3) is 0 Å². The highest BCUT2D eigenvalue weighted by Gasteiger charge is 2.19. The highest BCUT2D eigenvalue weighted by Crippen LogP contribution is 2.26. The molecule has 0 unspecified atom stereocenters. The SMILES string of the molecule is Cc1cc(CN)ccc1N1CCC(CO)CC1. The fourth-order valence-corrected chi connectivity index (χ4v) is 2.56. The van der Waals surface area contributed by atoms with E-state index in [9.17, 15) is 0 Å². The fourth-order valence-electron chi connectivity index (χ4n) is 2.56. The van der Waals surface area contributed by atoms with Crippen molar-refractivity contribution < 1.29 is 5.11 Å². The molecule has 0 aliphatic carbocycles. The summed E-state index contributed by atoms with van der Waals surface area (Å²) in [5.74, 6) is 0.495. The first-order valence-electron chi connectivity index (χ1n) is 6.40. The van der Waals surface area contributed by atoms with E-state index < -0.39 is 0 Å². The molecular formula is C14H22N2O. The lowest BCUT2D eigenvalue weighted by Gasteiger charge is -2.34. The van der Waals surface area contributed by atoms with Crippen LogP contribution in [0.2, 0.25) is 0 Å². The summed E-state index contributed by atoms with van der Waals surface area (Å²) >= 11 is 0. The second-order valence-corrected chi connectivity index (χ2v) is 4.94. The van der Waals surface area contributed by atoms with Crippen molar-refractivity contribution in [3.05, 3.63) is 29.3 Å². The van der Waals surface area contributed by atoms with E-state index in [0.717, 1.165) is 25.9 Å². The minimum atomic E-state index is 0.332. The number of hydrogen-bond donors (Lipinski definition) is 2. The predicted octanol–water partition coefficient (Wildman–Crippen LogP) is 1.66. The molecule has 1 saturated heterocycles. The normalized spacial score (nSPS) is 17.5. The van der Waals surface area contributed by atoms with Crippen LogP contribution in [-0.2, 0) is 6.54 Å². The molecule has 1 aromatic carbocycles. The van der Waals surface area contributed by atoms with Gasteiger partial charge in [0.1, 0.15) is 0 Å². The first-order valence-corrected chi connectivity index (χ1v) is 6.40. The highest BCUT2D eigenvalue weighted by atomic mass is 16.3. The van der Waals surface area contributed by atoms with Crippen LogP contribution in [0.25, 0.3) is 0 Å². The lowest BCUT2D eigenvalue weighted by atomic mass is 9.96. The van der Waals surface area contributed by atoms with Crippen molar-refractivity contribution in [1.82, 2.24) is 0 Å². The van der Waals surface area contributed by atoms with Crippen LogP contribution in [-0.4, -0.2) is 24.8 Å². The maximum atomic E-state index is 9.14. The zero-order valence-corrected chi connectivity index (χ0v) is 10.5. The average Bonchev–Trinajstić information content (AvgIpc) is 2.39. The molecule has 0 spiro atoms. The molecule has 0 radical (unpaired) electrons. The molecule has 1 heterocycles. The Bertz CT molecular complexity index is 370. The van der Waals surface area contributed by atoms with E-state index in [-0.39, 0.29) is 0 Å². The number of aryl methyl sites for hydroxylation is 1. The Labute approximate surface area is 103 Å². The molecule has 1 aliphatic rings. The summed E-state index contributed by atoms with van der Waals surface area (Å²) in [6, 6.07) is 6.46. The molecule has 0 amide bonds. The standard InChI is InChI=1S/C14H22N2O/c1-11-8-13(9-15)2-3-14(11)16-6-4-12(10-17)5-7-16/h2-3,8,12,17H,4-7,9-10,15H2,1H3. The first kappa shape index (κ1) is 12.4. The van der Waals surface area contributed by atoms with Crippen LogP contribution >= 0.6 is 0 Å². The minimum Gasteiger partial charge on any atom is -0.396 e. The van der Waals surface area contributed by atoms with E-state index in [1.165, 1.54) is 16.8 Å². The van der Waals surface area contributed by atoms with E-state index in [1.807, 2.05) is 0 Å². The van der Waals surface area contributed by atoms with Crippen molar-refractivity contribution in [2.45, 2.75) is 26.3 Å². The Morgan fingerprint density at radius 3 is 2.59 bits per heavy atom. The van der Waals surface area contributed by atoms with Gasteiger partial charge in [-0.2, -0.15) is 0 Å². The molecule has 3 heteroatoms. The molecule has 2 rings (SSSR count).